The van der Waals surface area contributed by atoms with E-state index in [9.17, 15) is 14.0 Å². The highest BCUT2D eigenvalue weighted by Crippen LogP contribution is 2.31. The van der Waals surface area contributed by atoms with Gasteiger partial charge in [0.2, 0.25) is 11.8 Å². The number of amides is 1. The van der Waals surface area contributed by atoms with E-state index in [4.69, 9.17) is 4.74 Å². The molecular formula is C25H16FN3O3S. The first-order valence-electron chi connectivity index (χ1n) is 10.0. The highest BCUT2D eigenvalue weighted by molar-refractivity contribution is 7.14. The molecule has 0 unspecified atom stereocenters. The Bertz CT molecular complexity index is 1470. The topological polar surface area (TPSA) is 71.9 Å². The number of hydrogen-bond donors (Lipinski definition) is 0. The molecule has 1 amide bonds. The van der Waals surface area contributed by atoms with Crippen molar-refractivity contribution in [3.8, 4) is 0 Å². The molecule has 0 fully saturated rings. The summed E-state index contributed by atoms with van der Waals surface area (Å²) in [6.45, 7) is 1.33. The summed E-state index contributed by atoms with van der Waals surface area (Å²) in [5.41, 5.74) is 1.30. The van der Waals surface area contributed by atoms with E-state index >= 15 is 0 Å². The molecule has 4 aromatic rings. The van der Waals surface area contributed by atoms with Crippen LogP contribution < -0.4 is 4.90 Å². The van der Waals surface area contributed by atoms with Crippen LogP contribution in [0, 0.1) is 5.82 Å². The van der Waals surface area contributed by atoms with Gasteiger partial charge in [0.15, 0.2) is 10.8 Å². The average Bonchev–Trinajstić information content (AvgIpc) is 3.41. The molecule has 162 valence electrons. The zero-order chi connectivity index (χ0) is 22.9. The molecule has 2 heterocycles. The van der Waals surface area contributed by atoms with Gasteiger partial charge in [-0.2, -0.15) is 0 Å². The van der Waals surface area contributed by atoms with Gasteiger partial charge in [-0.1, -0.05) is 42.5 Å². The van der Waals surface area contributed by atoms with Gasteiger partial charge >= 0.3 is 5.97 Å². The fourth-order valence-electron chi connectivity index (χ4n) is 3.48. The third-order valence-electron chi connectivity index (χ3n) is 5.01. The molecule has 0 aliphatic carbocycles. The van der Waals surface area contributed by atoms with Crippen LogP contribution >= 0.6 is 11.3 Å². The molecule has 3 aromatic carbocycles. The van der Waals surface area contributed by atoms with Crippen LogP contribution in [0.4, 0.5) is 15.2 Å². The number of benzene rings is 3. The second-order valence-corrected chi connectivity index (χ2v) is 8.10. The Kier molecular flexibility index (Phi) is 5.27. The minimum absolute atomic E-state index is 0.0928. The molecule has 0 bridgehead atoms. The van der Waals surface area contributed by atoms with Crippen LogP contribution in [-0.4, -0.2) is 22.8 Å². The predicted molar refractivity (Wildman–Crippen MR) is 126 cm³/mol. The summed E-state index contributed by atoms with van der Waals surface area (Å²) < 4.78 is 19.6. The van der Waals surface area contributed by atoms with Crippen LogP contribution in [0.1, 0.15) is 18.2 Å². The molecule has 1 aromatic heterocycles. The highest BCUT2D eigenvalue weighted by atomic mass is 32.1. The van der Waals surface area contributed by atoms with Crippen molar-refractivity contribution in [2.75, 3.05) is 4.90 Å². The van der Waals surface area contributed by atoms with E-state index in [-0.39, 0.29) is 28.3 Å². The van der Waals surface area contributed by atoms with Gasteiger partial charge < -0.3 is 4.74 Å². The number of ether oxygens (including phenoxy) is 1. The van der Waals surface area contributed by atoms with Crippen LogP contribution in [0.25, 0.3) is 16.8 Å². The largest absolute Gasteiger partial charge is 0.402 e. The summed E-state index contributed by atoms with van der Waals surface area (Å²) in [6, 6.07) is 19.5. The van der Waals surface area contributed by atoms with E-state index in [0.717, 1.165) is 22.1 Å². The standard InChI is InChI=1S/C25H16FN3O3S/c1-15(30)29(22-9-5-4-8-20(22)26)25-27-19(14-33-25)13-21-24(31)32-23(28-21)18-11-10-16-6-2-3-7-17(16)12-18/h2-14H,1H3/b21-13-. The molecule has 1 aliphatic heterocycles. The van der Waals surface area contributed by atoms with E-state index in [0.29, 0.717) is 11.3 Å². The number of carbonyl (C=O) groups is 2. The summed E-state index contributed by atoms with van der Waals surface area (Å²) in [6.07, 6.45) is 1.48. The molecular weight excluding hydrogens is 441 g/mol. The molecule has 0 spiro atoms. The van der Waals surface area contributed by atoms with E-state index in [1.165, 1.54) is 30.0 Å². The molecule has 1 aliphatic rings. The Balaban J connectivity index is 1.46. The number of fused-ring (bicyclic) bond motifs is 1. The first kappa shape index (κ1) is 20.7. The Morgan fingerprint density at radius 3 is 2.61 bits per heavy atom. The number of hydrogen-bond acceptors (Lipinski definition) is 6. The second kappa shape index (κ2) is 8.40. The molecule has 0 N–H and O–H groups in total. The smallest absolute Gasteiger partial charge is 0.363 e. The zero-order valence-corrected chi connectivity index (χ0v) is 18.2. The lowest BCUT2D eigenvalue weighted by atomic mass is 10.1. The van der Waals surface area contributed by atoms with Crippen molar-refractivity contribution in [2.24, 2.45) is 4.99 Å². The Hall–Kier alpha value is -4.17. The highest BCUT2D eigenvalue weighted by Gasteiger charge is 2.25. The number of esters is 1. The van der Waals surface area contributed by atoms with Crippen LogP contribution in [-0.2, 0) is 14.3 Å². The third kappa shape index (κ3) is 4.04. The number of halogens is 1. The predicted octanol–water partition coefficient (Wildman–Crippen LogP) is 5.46. The molecule has 33 heavy (non-hydrogen) atoms. The van der Waals surface area contributed by atoms with Crippen molar-refractivity contribution in [1.29, 1.82) is 0 Å². The fraction of sp³-hybridized carbons (Fsp3) is 0.0400. The lowest BCUT2D eigenvalue weighted by Crippen LogP contribution is -2.23. The Morgan fingerprint density at radius 2 is 1.82 bits per heavy atom. The van der Waals surface area contributed by atoms with Crippen molar-refractivity contribution in [1.82, 2.24) is 4.98 Å². The quantitative estimate of drug-likeness (QED) is 0.301. The van der Waals surface area contributed by atoms with Gasteiger partial charge in [-0.05, 0) is 41.1 Å². The summed E-state index contributed by atoms with van der Waals surface area (Å²) >= 11 is 1.15. The van der Waals surface area contributed by atoms with Gasteiger partial charge in [-0.3, -0.25) is 9.69 Å². The lowest BCUT2D eigenvalue weighted by molar-refractivity contribution is -0.130. The molecule has 0 radical (unpaired) electrons. The van der Waals surface area contributed by atoms with E-state index in [2.05, 4.69) is 9.98 Å². The monoisotopic (exact) mass is 457 g/mol. The van der Waals surface area contributed by atoms with E-state index in [1.54, 1.807) is 17.5 Å². The van der Waals surface area contributed by atoms with Gasteiger partial charge in [0, 0.05) is 17.9 Å². The van der Waals surface area contributed by atoms with Crippen LogP contribution in [0.5, 0.6) is 0 Å². The van der Waals surface area contributed by atoms with Gasteiger partial charge in [0.25, 0.3) is 0 Å². The number of carbonyl (C=O) groups excluding carboxylic acids is 2. The SMILES string of the molecule is CC(=O)N(c1nc(/C=C2\N=C(c3ccc4ccccc4c3)OC2=O)cs1)c1ccccc1F. The van der Waals surface area contributed by atoms with Gasteiger partial charge in [0.1, 0.15) is 5.82 Å². The zero-order valence-electron chi connectivity index (χ0n) is 17.4. The van der Waals surface area contributed by atoms with Crippen molar-refractivity contribution in [2.45, 2.75) is 6.92 Å². The first-order chi connectivity index (χ1) is 16.0. The minimum Gasteiger partial charge on any atom is -0.402 e. The van der Waals surface area contributed by atoms with Crippen LogP contribution in [0.3, 0.4) is 0 Å². The number of aliphatic imine (C=N–C) groups is 1. The summed E-state index contributed by atoms with van der Waals surface area (Å²) in [4.78, 5) is 34.5. The van der Waals surface area contributed by atoms with Crippen LogP contribution in [0.15, 0.2) is 82.8 Å². The van der Waals surface area contributed by atoms with Crippen molar-refractivity contribution in [3.63, 3.8) is 0 Å². The Labute approximate surface area is 192 Å². The van der Waals surface area contributed by atoms with E-state index in [1.807, 2.05) is 42.5 Å². The van der Waals surface area contributed by atoms with Gasteiger partial charge in [0.05, 0.1) is 11.4 Å². The van der Waals surface area contributed by atoms with E-state index < -0.39 is 11.8 Å². The number of rotatable bonds is 4. The molecule has 5 rings (SSSR count). The molecule has 0 saturated heterocycles. The number of nitrogens with zero attached hydrogens (tertiary/aromatic N) is 3. The van der Waals surface area contributed by atoms with Crippen molar-refractivity contribution < 1.29 is 18.7 Å². The fourth-order valence-corrected chi connectivity index (χ4v) is 4.32. The minimum atomic E-state index is -0.592. The number of aromatic nitrogens is 1. The maximum absolute atomic E-state index is 14.3. The summed E-state index contributed by atoms with van der Waals surface area (Å²) in [5.74, 6) is -1.30. The summed E-state index contributed by atoms with van der Waals surface area (Å²) in [7, 11) is 0. The number of anilines is 2. The van der Waals surface area contributed by atoms with Crippen LogP contribution in [0.2, 0.25) is 0 Å². The third-order valence-corrected chi connectivity index (χ3v) is 5.85. The van der Waals surface area contributed by atoms with Crippen molar-refractivity contribution >= 4 is 56.8 Å². The second-order valence-electron chi connectivity index (χ2n) is 7.26. The molecule has 0 atom stereocenters. The molecule has 6 nitrogen and oxygen atoms in total. The summed E-state index contributed by atoms with van der Waals surface area (Å²) in [5, 5.41) is 4.02. The maximum Gasteiger partial charge on any atom is 0.363 e. The van der Waals surface area contributed by atoms with Crippen molar-refractivity contribution in [3.05, 3.63) is 94.9 Å². The first-order valence-corrected chi connectivity index (χ1v) is 10.9. The van der Waals surface area contributed by atoms with Gasteiger partial charge in [-0.25, -0.2) is 19.2 Å². The van der Waals surface area contributed by atoms with Gasteiger partial charge in [-0.15, -0.1) is 11.3 Å². The normalized spacial score (nSPS) is 14.4. The lowest BCUT2D eigenvalue weighted by Gasteiger charge is -2.18. The number of cyclic esters (lactones) is 1. The number of para-hydroxylation sites is 1. The molecule has 8 heteroatoms. The Morgan fingerprint density at radius 1 is 1.06 bits per heavy atom. The molecule has 0 saturated carbocycles. The average molecular weight is 457 g/mol. The maximum atomic E-state index is 14.3. The number of thiazole rings is 1.